The summed E-state index contributed by atoms with van der Waals surface area (Å²) in [4.78, 5) is 11.7. The van der Waals surface area contributed by atoms with Crippen LogP contribution in [0, 0.1) is 3.57 Å². The summed E-state index contributed by atoms with van der Waals surface area (Å²) in [5, 5.41) is 4.72. The third-order valence-electron chi connectivity index (χ3n) is 2.89. The highest BCUT2D eigenvalue weighted by molar-refractivity contribution is 14.1. The molecule has 2 aromatic carbocycles. The largest absolute Gasteiger partial charge is 0.417 e. The van der Waals surface area contributed by atoms with Crippen LogP contribution < -0.4 is 10.6 Å². The molecule has 0 spiro atoms. The van der Waals surface area contributed by atoms with Crippen LogP contribution in [0.25, 0.3) is 0 Å². The average molecular weight is 455 g/mol. The van der Waals surface area contributed by atoms with E-state index in [0.717, 1.165) is 9.64 Å². The van der Waals surface area contributed by atoms with Crippen molar-refractivity contribution in [2.75, 3.05) is 5.32 Å². The van der Waals surface area contributed by atoms with Crippen LogP contribution in [0.1, 0.15) is 11.1 Å². The van der Waals surface area contributed by atoms with Crippen molar-refractivity contribution in [2.24, 2.45) is 0 Å². The highest BCUT2D eigenvalue weighted by Crippen LogP contribution is 2.35. The molecule has 0 aliphatic rings. The minimum absolute atomic E-state index is 0.0452. The van der Waals surface area contributed by atoms with Gasteiger partial charge >= 0.3 is 12.2 Å². The first-order chi connectivity index (χ1) is 10.8. The standard InChI is InChI=1S/C15H11ClF3IN2O/c16-13-6-1-9(7-12(13)15(17,18)19)8-21-14(23)22-11-4-2-10(20)3-5-11/h1-7H,8H2,(H2,21,22,23). The Kier molecular flexibility index (Phi) is 5.74. The molecule has 0 atom stereocenters. The molecule has 0 aromatic heterocycles. The molecule has 2 rings (SSSR count). The zero-order valence-corrected chi connectivity index (χ0v) is 14.5. The Morgan fingerprint density at radius 2 is 1.78 bits per heavy atom. The number of nitrogens with one attached hydrogen (secondary N) is 2. The van der Waals surface area contributed by atoms with Crippen LogP contribution in [0.15, 0.2) is 42.5 Å². The number of amides is 2. The molecule has 0 aliphatic heterocycles. The molecule has 8 heteroatoms. The number of rotatable bonds is 3. The Balaban J connectivity index is 1.98. The van der Waals surface area contributed by atoms with Gasteiger partial charge in [-0.1, -0.05) is 17.7 Å². The number of halogens is 5. The number of anilines is 1. The maximum absolute atomic E-state index is 12.8. The van der Waals surface area contributed by atoms with Gasteiger partial charge in [-0.3, -0.25) is 0 Å². The fourth-order valence-electron chi connectivity index (χ4n) is 1.79. The van der Waals surface area contributed by atoms with E-state index in [9.17, 15) is 18.0 Å². The molecule has 0 unspecified atom stereocenters. The van der Waals surface area contributed by atoms with Gasteiger partial charge in [-0.2, -0.15) is 13.2 Å². The molecule has 0 aliphatic carbocycles. The summed E-state index contributed by atoms with van der Waals surface area (Å²) in [5.74, 6) is 0. The summed E-state index contributed by atoms with van der Waals surface area (Å²) in [6.07, 6.45) is -4.53. The molecule has 122 valence electrons. The number of urea groups is 1. The van der Waals surface area contributed by atoms with Crippen molar-refractivity contribution in [1.29, 1.82) is 0 Å². The minimum atomic E-state index is -4.53. The smallest absolute Gasteiger partial charge is 0.334 e. The van der Waals surface area contributed by atoms with Gasteiger partial charge in [0, 0.05) is 15.8 Å². The van der Waals surface area contributed by atoms with Gasteiger partial charge in [0.15, 0.2) is 0 Å². The van der Waals surface area contributed by atoms with Crippen molar-refractivity contribution in [2.45, 2.75) is 12.7 Å². The summed E-state index contributed by atoms with van der Waals surface area (Å²) in [6.45, 7) is -0.0452. The maximum Gasteiger partial charge on any atom is 0.417 e. The van der Waals surface area contributed by atoms with Gasteiger partial charge in [-0.15, -0.1) is 0 Å². The van der Waals surface area contributed by atoms with Crippen molar-refractivity contribution in [3.63, 3.8) is 0 Å². The molecule has 0 bridgehead atoms. The normalized spacial score (nSPS) is 11.2. The molecule has 0 saturated carbocycles. The molecule has 3 nitrogen and oxygen atoms in total. The molecular weight excluding hydrogens is 444 g/mol. The minimum Gasteiger partial charge on any atom is -0.334 e. The van der Waals surface area contributed by atoms with E-state index in [1.54, 1.807) is 12.1 Å². The van der Waals surface area contributed by atoms with E-state index < -0.39 is 17.8 Å². The lowest BCUT2D eigenvalue weighted by Gasteiger charge is -2.12. The average Bonchev–Trinajstić information content (AvgIpc) is 2.47. The van der Waals surface area contributed by atoms with Crippen molar-refractivity contribution in [3.05, 3.63) is 62.2 Å². The van der Waals surface area contributed by atoms with Crippen molar-refractivity contribution in [3.8, 4) is 0 Å². The quantitative estimate of drug-likeness (QED) is 0.609. The van der Waals surface area contributed by atoms with Crippen molar-refractivity contribution < 1.29 is 18.0 Å². The first kappa shape index (κ1) is 17.9. The van der Waals surface area contributed by atoms with Crippen LogP contribution in [-0.2, 0) is 12.7 Å². The topological polar surface area (TPSA) is 41.1 Å². The number of carbonyl (C=O) groups excluding carboxylic acids is 1. The number of benzene rings is 2. The zero-order chi connectivity index (χ0) is 17.0. The van der Waals surface area contributed by atoms with Crippen LogP contribution in [0.5, 0.6) is 0 Å². The highest BCUT2D eigenvalue weighted by Gasteiger charge is 2.33. The first-order valence-corrected chi connectivity index (χ1v) is 7.87. The van der Waals surface area contributed by atoms with Crippen molar-refractivity contribution in [1.82, 2.24) is 5.32 Å². The molecule has 0 saturated heterocycles. The molecule has 23 heavy (non-hydrogen) atoms. The first-order valence-electron chi connectivity index (χ1n) is 6.42. The summed E-state index contributed by atoms with van der Waals surface area (Å²) in [6, 6.07) is 10.1. The fraction of sp³-hybridized carbons (Fsp3) is 0.133. The monoisotopic (exact) mass is 454 g/mol. The SMILES string of the molecule is O=C(NCc1ccc(Cl)c(C(F)(F)F)c1)Nc1ccc(I)cc1. The third kappa shape index (κ3) is 5.28. The lowest BCUT2D eigenvalue weighted by atomic mass is 10.1. The lowest BCUT2D eigenvalue weighted by molar-refractivity contribution is -0.137. The Hall–Kier alpha value is -1.48. The summed E-state index contributed by atoms with van der Waals surface area (Å²) in [5.41, 5.74) is -0.0222. The Morgan fingerprint density at radius 1 is 1.13 bits per heavy atom. The van der Waals surface area contributed by atoms with Gasteiger partial charge in [-0.25, -0.2) is 4.79 Å². The molecule has 0 heterocycles. The van der Waals surface area contributed by atoms with Gasteiger partial charge in [0.05, 0.1) is 10.6 Å². The highest BCUT2D eigenvalue weighted by atomic mass is 127. The van der Waals surface area contributed by atoms with E-state index in [1.807, 2.05) is 12.1 Å². The van der Waals surface area contributed by atoms with E-state index in [4.69, 9.17) is 11.6 Å². The van der Waals surface area contributed by atoms with Gasteiger partial charge in [0.2, 0.25) is 0 Å². The van der Waals surface area contributed by atoms with Crippen LogP contribution in [0.3, 0.4) is 0 Å². The van der Waals surface area contributed by atoms with E-state index in [-0.39, 0.29) is 11.6 Å². The van der Waals surface area contributed by atoms with E-state index in [1.165, 1.54) is 12.1 Å². The number of alkyl halides is 3. The lowest BCUT2D eigenvalue weighted by Crippen LogP contribution is -2.28. The van der Waals surface area contributed by atoms with Crippen LogP contribution in [-0.4, -0.2) is 6.03 Å². The van der Waals surface area contributed by atoms with Crippen LogP contribution in [0.2, 0.25) is 5.02 Å². The van der Waals surface area contributed by atoms with E-state index in [2.05, 4.69) is 33.2 Å². The number of hydrogen-bond donors (Lipinski definition) is 2. The molecule has 0 radical (unpaired) electrons. The Bertz CT molecular complexity index is 705. The molecule has 2 amide bonds. The summed E-state index contributed by atoms with van der Waals surface area (Å²) >= 11 is 7.68. The zero-order valence-electron chi connectivity index (χ0n) is 11.5. The summed E-state index contributed by atoms with van der Waals surface area (Å²) < 4.78 is 39.3. The van der Waals surface area contributed by atoms with Gasteiger partial charge in [0.25, 0.3) is 0 Å². The second kappa shape index (κ2) is 7.39. The van der Waals surface area contributed by atoms with Crippen LogP contribution >= 0.6 is 34.2 Å². The third-order valence-corrected chi connectivity index (χ3v) is 3.94. The molecule has 0 fully saturated rings. The summed E-state index contributed by atoms with van der Waals surface area (Å²) in [7, 11) is 0. The second-order valence-electron chi connectivity index (χ2n) is 4.63. The molecular formula is C15H11ClF3IN2O. The van der Waals surface area contributed by atoms with E-state index >= 15 is 0 Å². The second-order valence-corrected chi connectivity index (χ2v) is 6.28. The van der Waals surface area contributed by atoms with Crippen LogP contribution in [0.4, 0.5) is 23.7 Å². The Labute approximate surface area is 149 Å². The van der Waals surface area contributed by atoms with Gasteiger partial charge in [0.1, 0.15) is 0 Å². The van der Waals surface area contributed by atoms with E-state index in [0.29, 0.717) is 11.3 Å². The predicted molar refractivity (Wildman–Crippen MR) is 91.5 cm³/mol. The van der Waals surface area contributed by atoms with Gasteiger partial charge < -0.3 is 10.6 Å². The van der Waals surface area contributed by atoms with Gasteiger partial charge in [-0.05, 0) is 64.6 Å². The maximum atomic E-state index is 12.8. The number of hydrogen-bond acceptors (Lipinski definition) is 1. The predicted octanol–water partition coefficient (Wildman–Crippen LogP) is 5.29. The fourth-order valence-corrected chi connectivity index (χ4v) is 2.37. The van der Waals surface area contributed by atoms with Crippen molar-refractivity contribution >= 4 is 45.9 Å². The Morgan fingerprint density at radius 3 is 2.39 bits per heavy atom. The number of carbonyl (C=O) groups is 1. The molecule has 2 N–H and O–H groups in total. The molecule has 2 aromatic rings.